The number of piperidine rings is 1. The van der Waals surface area contributed by atoms with Crippen molar-refractivity contribution in [1.82, 2.24) is 9.80 Å². The van der Waals surface area contributed by atoms with Gasteiger partial charge in [0.2, 0.25) is 5.91 Å². The van der Waals surface area contributed by atoms with E-state index in [2.05, 4.69) is 0 Å². The number of hydrogen-bond acceptors (Lipinski definition) is 5. The van der Waals surface area contributed by atoms with Crippen LogP contribution >= 0.6 is 0 Å². The lowest BCUT2D eigenvalue weighted by Gasteiger charge is -2.36. The monoisotopic (exact) mass is 450 g/mol. The number of carbonyl (C=O) groups is 2. The minimum absolute atomic E-state index is 0.0191. The van der Waals surface area contributed by atoms with Crippen LogP contribution < -0.4 is 9.47 Å². The minimum Gasteiger partial charge on any atom is -0.488 e. The Morgan fingerprint density at radius 2 is 1.82 bits per heavy atom. The van der Waals surface area contributed by atoms with Crippen molar-refractivity contribution in [2.24, 2.45) is 0 Å². The largest absolute Gasteiger partial charge is 0.488 e. The first-order valence-electron chi connectivity index (χ1n) is 11.8. The summed E-state index contributed by atoms with van der Waals surface area (Å²) in [7, 11) is 0. The molecule has 7 heteroatoms. The normalized spacial score (nSPS) is 22.2. The highest BCUT2D eigenvalue weighted by Crippen LogP contribution is 2.30. The number of carbonyl (C=O) groups excluding carboxylic acids is 2. The van der Waals surface area contributed by atoms with Gasteiger partial charge in [-0.15, -0.1) is 0 Å². The molecular formula is C26H30N2O5. The first kappa shape index (κ1) is 21.8. The van der Waals surface area contributed by atoms with E-state index in [4.69, 9.17) is 14.2 Å². The third-order valence-corrected chi connectivity index (χ3v) is 6.62. The molecule has 0 radical (unpaired) electrons. The van der Waals surface area contributed by atoms with E-state index >= 15 is 0 Å². The highest BCUT2D eigenvalue weighted by atomic mass is 16.5. The lowest BCUT2D eigenvalue weighted by molar-refractivity contribution is -0.149. The van der Waals surface area contributed by atoms with Crippen LogP contribution in [0.15, 0.2) is 48.5 Å². The SMILES string of the molecule is O=C([C@H]1CCCCN1C(=O)COc1ccccc1)N1Cc2ccc(O[C@H]3CCOC3)cc2C1. The number of ether oxygens (including phenoxy) is 3. The molecule has 7 nitrogen and oxygen atoms in total. The Morgan fingerprint density at radius 1 is 0.970 bits per heavy atom. The molecule has 0 N–H and O–H groups in total. The molecule has 0 spiro atoms. The molecule has 0 aromatic heterocycles. The maximum absolute atomic E-state index is 13.5. The number of para-hydroxylation sites is 1. The summed E-state index contributed by atoms with van der Waals surface area (Å²) in [6.07, 6.45) is 3.55. The predicted octanol–water partition coefficient (Wildman–Crippen LogP) is 3.16. The molecule has 2 amide bonds. The van der Waals surface area contributed by atoms with Crippen LogP contribution in [-0.4, -0.2) is 60.1 Å². The molecule has 0 aliphatic carbocycles. The molecule has 2 saturated heterocycles. The van der Waals surface area contributed by atoms with Crippen LogP contribution in [0.1, 0.15) is 36.8 Å². The van der Waals surface area contributed by atoms with Crippen LogP contribution in [0, 0.1) is 0 Å². The van der Waals surface area contributed by atoms with Crippen molar-refractivity contribution in [3.63, 3.8) is 0 Å². The topological polar surface area (TPSA) is 68.3 Å². The van der Waals surface area contributed by atoms with E-state index in [9.17, 15) is 9.59 Å². The van der Waals surface area contributed by atoms with Gasteiger partial charge in [0, 0.05) is 26.1 Å². The van der Waals surface area contributed by atoms with Gasteiger partial charge >= 0.3 is 0 Å². The Morgan fingerprint density at radius 3 is 2.64 bits per heavy atom. The van der Waals surface area contributed by atoms with Crippen LogP contribution in [0.5, 0.6) is 11.5 Å². The fraction of sp³-hybridized carbons (Fsp3) is 0.462. The molecule has 5 rings (SSSR count). The van der Waals surface area contributed by atoms with Crippen LogP contribution in [-0.2, 0) is 27.4 Å². The van der Waals surface area contributed by atoms with Gasteiger partial charge in [-0.1, -0.05) is 24.3 Å². The molecule has 0 unspecified atom stereocenters. The van der Waals surface area contributed by atoms with Crippen LogP contribution in [0.3, 0.4) is 0 Å². The molecule has 2 fully saturated rings. The van der Waals surface area contributed by atoms with Crippen molar-refractivity contribution in [2.75, 3.05) is 26.4 Å². The van der Waals surface area contributed by atoms with Gasteiger partial charge in [-0.05, 0) is 54.7 Å². The zero-order chi connectivity index (χ0) is 22.6. The molecule has 3 aliphatic heterocycles. The highest BCUT2D eigenvalue weighted by Gasteiger charge is 2.36. The van der Waals surface area contributed by atoms with Gasteiger partial charge in [-0.2, -0.15) is 0 Å². The van der Waals surface area contributed by atoms with Gasteiger partial charge in [0.15, 0.2) is 6.61 Å². The van der Waals surface area contributed by atoms with Crippen molar-refractivity contribution in [2.45, 2.75) is 50.9 Å². The smallest absolute Gasteiger partial charge is 0.261 e. The van der Waals surface area contributed by atoms with E-state index in [1.165, 1.54) is 0 Å². The number of likely N-dealkylation sites (tertiary alicyclic amines) is 1. The Labute approximate surface area is 194 Å². The molecule has 3 aliphatic rings. The van der Waals surface area contributed by atoms with Crippen LogP contribution in [0.2, 0.25) is 0 Å². The predicted molar refractivity (Wildman–Crippen MR) is 122 cm³/mol. The summed E-state index contributed by atoms with van der Waals surface area (Å²) >= 11 is 0. The molecule has 0 bridgehead atoms. The van der Waals surface area contributed by atoms with Crippen molar-refractivity contribution in [3.05, 3.63) is 59.7 Å². The van der Waals surface area contributed by atoms with E-state index in [-0.39, 0.29) is 24.5 Å². The van der Waals surface area contributed by atoms with Gasteiger partial charge in [-0.25, -0.2) is 0 Å². The highest BCUT2D eigenvalue weighted by molar-refractivity contribution is 5.88. The van der Waals surface area contributed by atoms with E-state index in [1.54, 1.807) is 4.90 Å². The third kappa shape index (κ3) is 4.98. The summed E-state index contributed by atoms with van der Waals surface area (Å²) in [5, 5.41) is 0. The number of amides is 2. The van der Waals surface area contributed by atoms with Gasteiger partial charge in [0.1, 0.15) is 23.6 Å². The van der Waals surface area contributed by atoms with Crippen LogP contribution in [0.4, 0.5) is 0 Å². The molecule has 33 heavy (non-hydrogen) atoms. The number of fused-ring (bicyclic) bond motifs is 1. The fourth-order valence-electron chi connectivity index (χ4n) is 4.84. The first-order chi connectivity index (χ1) is 16.2. The van der Waals surface area contributed by atoms with E-state index in [1.807, 2.05) is 53.4 Å². The number of nitrogens with zero attached hydrogens (tertiary/aromatic N) is 2. The van der Waals surface area contributed by atoms with Crippen molar-refractivity contribution >= 4 is 11.8 Å². The first-order valence-corrected chi connectivity index (χ1v) is 11.8. The maximum atomic E-state index is 13.5. The second-order valence-electron chi connectivity index (χ2n) is 8.93. The van der Waals surface area contributed by atoms with Crippen molar-refractivity contribution < 1.29 is 23.8 Å². The van der Waals surface area contributed by atoms with Gasteiger partial charge in [0.05, 0.1) is 13.2 Å². The molecule has 2 atom stereocenters. The summed E-state index contributed by atoms with van der Waals surface area (Å²) < 4.78 is 17.1. The molecular weight excluding hydrogens is 420 g/mol. The standard InChI is InChI=1S/C26H30N2O5/c29-25(18-32-21-6-2-1-3-7-21)28-12-5-4-8-24(28)26(30)27-15-19-9-10-22(14-20(19)16-27)33-23-11-13-31-17-23/h1-3,6-7,9-10,14,23-24H,4-5,8,11-13,15-18H2/t23-,24+/m0/s1. The van der Waals surface area contributed by atoms with Gasteiger partial charge in [-0.3, -0.25) is 9.59 Å². The summed E-state index contributed by atoms with van der Waals surface area (Å²) in [6.45, 7) is 3.02. The van der Waals surface area contributed by atoms with E-state index < -0.39 is 6.04 Å². The lowest BCUT2D eigenvalue weighted by atomic mass is 10.0. The summed E-state index contributed by atoms with van der Waals surface area (Å²) in [5.41, 5.74) is 2.25. The van der Waals surface area contributed by atoms with E-state index in [0.29, 0.717) is 38.4 Å². The van der Waals surface area contributed by atoms with Crippen molar-refractivity contribution in [1.29, 1.82) is 0 Å². The van der Waals surface area contributed by atoms with Gasteiger partial charge in [0.25, 0.3) is 5.91 Å². The second kappa shape index (κ2) is 9.83. The van der Waals surface area contributed by atoms with E-state index in [0.717, 1.165) is 42.7 Å². The Balaban J connectivity index is 1.21. The Bertz CT molecular complexity index is 989. The molecule has 0 saturated carbocycles. The zero-order valence-corrected chi connectivity index (χ0v) is 18.8. The Hall–Kier alpha value is -3.06. The molecule has 2 aromatic carbocycles. The number of rotatable bonds is 6. The molecule has 2 aromatic rings. The summed E-state index contributed by atoms with van der Waals surface area (Å²) in [6, 6.07) is 14.9. The third-order valence-electron chi connectivity index (χ3n) is 6.62. The minimum atomic E-state index is -0.425. The average molecular weight is 451 g/mol. The molecule has 174 valence electrons. The zero-order valence-electron chi connectivity index (χ0n) is 18.8. The quantitative estimate of drug-likeness (QED) is 0.676. The number of hydrogen-bond donors (Lipinski definition) is 0. The maximum Gasteiger partial charge on any atom is 0.261 e. The fourth-order valence-corrected chi connectivity index (χ4v) is 4.84. The van der Waals surface area contributed by atoms with Crippen molar-refractivity contribution in [3.8, 4) is 11.5 Å². The second-order valence-corrected chi connectivity index (χ2v) is 8.93. The van der Waals surface area contributed by atoms with Gasteiger partial charge < -0.3 is 24.0 Å². The molecule has 3 heterocycles. The summed E-state index contributed by atoms with van der Waals surface area (Å²) in [4.78, 5) is 30.0. The average Bonchev–Trinajstić information content (AvgIpc) is 3.52. The summed E-state index contributed by atoms with van der Waals surface area (Å²) in [5.74, 6) is 1.36. The lowest BCUT2D eigenvalue weighted by Crippen LogP contribution is -2.53. The van der Waals surface area contributed by atoms with Crippen LogP contribution in [0.25, 0.3) is 0 Å². The number of benzene rings is 2. The Kier molecular flexibility index (Phi) is 6.48.